The van der Waals surface area contributed by atoms with Crippen molar-refractivity contribution in [3.63, 3.8) is 0 Å². The minimum absolute atomic E-state index is 0.396. The molecule has 2 aromatic rings. The first-order valence-corrected chi connectivity index (χ1v) is 8.24. The monoisotopic (exact) mass is 282 g/mol. The van der Waals surface area contributed by atoms with Crippen LogP contribution in [0.5, 0.6) is 0 Å². The van der Waals surface area contributed by atoms with Crippen molar-refractivity contribution in [3.8, 4) is 0 Å². The predicted molar refractivity (Wildman–Crippen MR) is 89.9 cm³/mol. The summed E-state index contributed by atoms with van der Waals surface area (Å²) in [5, 5.41) is 2.69. The number of fused-ring (bicyclic) bond motifs is 1. The Bertz CT molecular complexity index is 588. The summed E-state index contributed by atoms with van der Waals surface area (Å²) in [4.78, 5) is 0. The van der Waals surface area contributed by atoms with Gasteiger partial charge in [-0.25, -0.2) is 0 Å². The molecule has 112 valence electrons. The topological polar surface area (TPSA) is 38.0 Å². The molecule has 1 aliphatic carbocycles. The second kappa shape index (κ2) is 6.59. The summed E-state index contributed by atoms with van der Waals surface area (Å²) in [6, 6.07) is 15.6. The van der Waals surface area contributed by atoms with E-state index >= 15 is 0 Å². The van der Waals surface area contributed by atoms with Crippen LogP contribution in [-0.2, 0) is 6.42 Å². The smallest absolute Gasteiger partial charge is 0.0279 e. The van der Waals surface area contributed by atoms with Crippen molar-refractivity contribution in [2.45, 2.75) is 45.1 Å². The maximum atomic E-state index is 5.88. The lowest BCUT2D eigenvalue weighted by Gasteiger charge is -2.23. The molecule has 3 atom stereocenters. The zero-order valence-corrected chi connectivity index (χ0v) is 12.9. The summed E-state index contributed by atoms with van der Waals surface area (Å²) < 4.78 is 0. The first-order valence-electron chi connectivity index (χ1n) is 8.24. The summed E-state index contributed by atoms with van der Waals surface area (Å²) in [6.07, 6.45) is 6.35. The zero-order valence-electron chi connectivity index (χ0n) is 12.9. The standard InChI is InChI=1S/C19H26N2/c1-2-14-10-11-17(12-14)19(21-20)13-16-8-5-7-15-6-3-4-9-18(15)16/h3-9,14,17,19,21H,2,10-13,20H2,1H3. The van der Waals surface area contributed by atoms with E-state index in [1.165, 1.54) is 42.0 Å². The van der Waals surface area contributed by atoms with Crippen molar-refractivity contribution in [3.05, 3.63) is 48.0 Å². The van der Waals surface area contributed by atoms with Gasteiger partial charge in [-0.3, -0.25) is 11.3 Å². The summed E-state index contributed by atoms with van der Waals surface area (Å²) >= 11 is 0. The minimum atomic E-state index is 0.396. The molecule has 2 aromatic carbocycles. The Kier molecular flexibility index (Phi) is 4.57. The molecule has 2 heteroatoms. The molecule has 0 spiro atoms. The van der Waals surface area contributed by atoms with Gasteiger partial charge in [0.25, 0.3) is 0 Å². The maximum absolute atomic E-state index is 5.88. The quantitative estimate of drug-likeness (QED) is 0.641. The highest BCUT2D eigenvalue weighted by Gasteiger charge is 2.29. The highest BCUT2D eigenvalue weighted by atomic mass is 15.2. The molecule has 3 N–H and O–H groups in total. The van der Waals surface area contributed by atoms with Gasteiger partial charge in [0, 0.05) is 6.04 Å². The Morgan fingerprint density at radius 1 is 1.14 bits per heavy atom. The third-order valence-corrected chi connectivity index (χ3v) is 5.26. The second-order valence-corrected chi connectivity index (χ2v) is 6.46. The van der Waals surface area contributed by atoms with Crippen LogP contribution in [0.4, 0.5) is 0 Å². The maximum Gasteiger partial charge on any atom is 0.0279 e. The van der Waals surface area contributed by atoms with Gasteiger partial charge in [-0.2, -0.15) is 0 Å². The summed E-state index contributed by atoms with van der Waals surface area (Å²) in [5.41, 5.74) is 4.51. The van der Waals surface area contributed by atoms with E-state index in [2.05, 4.69) is 54.8 Å². The van der Waals surface area contributed by atoms with Crippen LogP contribution in [0.15, 0.2) is 42.5 Å². The molecule has 2 nitrogen and oxygen atoms in total. The van der Waals surface area contributed by atoms with Crippen LogP contribution in [0.25, 0.3) is 10.8 Å². The van der Waals surface area contributed by atoms with Gasteiger partial charge in [0.05, 0.1) is 0 Å². The highest BCUT2D eigenvalue weighted by Crippen LogP contribution is 2.36. The van der Waals surface area contributed by atoms with Gasteiger partial charge in [-0.15, -0.1) is 0 Å². The number of benzene rings is 2. The van der Waals surface area contributed by atoms with E-state index in [4.69, 9.17) is 5.84 Å². The molecule has 0 aromatic heterocycles. The number of hydrazine groups is 1. The van der Waals surface area contributed by atoms with Gasteiger partial charge in [0.15, 0.2) is 0 Å². The van der Waals surface area contributed by atoms with Crippen LogP contribution in [0.2, 0.25) is 0 Å². The van der Waals surface area contributed by atoms with Crippen molar-refractivity contribution < 1.29 is 0 Å². The van der Waals surface area contributed by atoms with E-state index in [1.54, 1.807) is 0 Å². The van der Waals surface area contributed by atoms with E-state index in [0.29, 0.717) is 6.04 Å². The molecule has 0 bridgehead atoms. The number of rotatable bonds is 5. The number of hydrogen-bond donors (Lipinski definition) is 2. The van der Waals surface area contributed by atoms with Crippen molar-refractivity contribution in [2.24, 2.45) is 17.7 Å². The average Bonchev–Trinajstić information content (AvgIpc) is 3.01. The molecule has 1 fully saturated rings. The van der Waals surface area contributed by atoms with Gasteiger partial charge < -0.3 is 0 Å². The summed E-state index contributed by atoms with van der Waals surface area (Å²) in [7, 11) is 0. The SMILES string of the molecule is CCC1CCC(C(Cc2cccc3ccccc23)NN)C1. The van der Waals surface area contributed by atoms with Gasteiger partial charge in [0.1, 0.15) is 0 Å². The lowest BCUT2D eigenvalue weighted by Crippen LogP contribution is -2.41. The summed E-state index contributed by atoms with van der Waals surface area (Å²) in [5.74, 6) is 7.50. The van der Waals surface area contributed by atoms with Crippen LogP contribution >= 0.6 is 0 Å². The second-order valence-electron chi connectivity index (χ2n) is 6.46. The van der Waals surface area contributed by atoms with Gasteiger partial charge in [-0.1, -0.05) is 62.2 Å². The first kappa shape index (κ1) is 14.6. The fourth-order valence-corrected chi connectivity index (χ4v) is 3.92. The van der Waals surface area contributed by atoms with E-state index in [9.17, 15) is 0 Å². The normalized spacial score (nSPS) is 23.5. The van der Waals surface area contributed by atoms with E-state index < -0.39 is 0 Å². The third kappa shape index (κ3) is 3.12. The van der Waals surface area contributed by atoms with Crippen molar-refractivity contribution in [1.82, 2.24) is 5.43 Å². The Balaban J connectivity index is 1.80. The molecular formula is C19H26N2. The van der Waals surface area contributed by atoms with Crippen molar-refractivity contribution in [2.75, 3.05) is 0 Å². The third-order valence-electron chi connectivity index (χ3n) is 5.26. The van der Waals surface area contributed by atoms with Crippen LogP contribution in [-0.4, -0.2) is 6.04 Å². The first-order chi connectivity index (χ1) is 10.3. The molecule has 0 heterocycles. The lowest BCUT2D eigenvalue weighted by atomic mass is 9.89. The molecule has 21 heavy (non-hydrogen) atoms. The molecule has 0 saturated heterocycles. The molecule has 0 aliphatic heterocycles. The van der Waals surface area contributed by atoms with Gasteiger partial charge in [-0.05, 0) is 47.4 Å². The largest absolute Gasteiger partial charge is 0.271 e. The molecule has 3 unspecified atom stereocenters. The van der Waals surface area contributed by atoms with Crippen LogP contribution in [0.3, 0.4) is 0 Å². The fourth-order valence-electron chi connectivity index (χ4n) is 3.92. The van der Waals surface area contributed by atoms with Crippen molar-refractivity contribution in [1.29, 1.82) is 0 Å². The molecular weight excluding hydrogens is 256 g/mol. The average molecular weight is 282 g/mol. The van der Waals surface area contributed by atoms with E-state index in [-0.39, 0.29) is 0 Å². The van der Waals surface area contributed by atoms with Crippen LogP contribution < -0.4 is 11.3 Å². The number of nitrogens with two attached hydrogens (primary N) is 1. The predicted octanol–water partition coefficient (Wildman–Crippen LogP) is 4.04. The molecule has 0 amide bonds. The molecule has 0 radical (unpaired) electrons. The van der Waals surface area contributed by atoms with Crippen molar-refractivity contribution >= 4 is 10.8 Å². The Morgan fingerprint density at radius 3 is 2.71 bits per heavy atom. The number of nitrogens with one attached hydrogen (secondary N) is 1. The van der Waals surface area contributed by atoms with Crippen LogP contribution in [0.1, 0.15) is 38.2 Å². The molecule has 3 rings (SSSR count). The summed E-state index contributed by atoms with van der Waals surface area (Å²) in [6.45, 7) is 2.31. The Morgan fingerprint density at radius 2 is 1.95 bits per heavy atom. The minimum Gasteiger partial charge on any atom is -0.271 e. The van der Waals surface area contributed by atoms with E-state index in [1.807, 2.05) is 0 Å². The number of hydrogen-bond acceptors (Lipinski definition) is 2. The fraction of sp³-hybridized carbons (Fsp3) is 0.474. The van der Waals surface area contributed by atoms with Gasteiger partial charge in [0.2, 0.25) is 0 Å². The Hall–Kier alpha value is -1.38. The zero-order chi connectivity index (χ0) is 14.7. The highest BCUT2D eigenvalue weighted by molar-refractivity contribution is 5.85. The van der Waals surface area contributed by atoms with Gasteiger partial charge >= 0.3 is 0 Å². The molecule has 1 aliphatic rings. The van der Waals surface area contributed by atoms with Crippen LogP contribution in [0, 0.1) is 11.8 Å². The van der Waals surface area contributed by atoms with E-state index in [0.717, 1.165) is 18.3 Å². The Labute approximate surface area is 127 Å². The molecule has 1 saturated carbocycles. The lowest BCUT2D eigenvalue weighted by molar-refractivity contribution is 0.348.